The summed E-state index contributed by atoms with van der Waals surface area (Å²) < 4.78 is 5.77. The third-order valence-electron chi connectivity index (χ3n) is 3.31. The van der Waals surface area contributed by atoms with Gasteiger partial charge < -0.3 is 9.73 Å². The zero-order valence-electron chi connectivity index (χ0n) is 11.9. The largest absolute Gasteiger partial charge is 0.465 e. The first-order valence-electron chi connectivity index (χ1n) is 7.13. The second kappa shape index (κ2) is 7.15. The predicted octanol–water partition coefficient (Wildman–Crippen LogP) is 4.26. The second-order valence-electron chi connectivity index (χ2n) is 4.98. The number of rotatable bonds is 7. The van der Waals surface area contributed by atoms with Crippen LogP contribution in [0.5, 0.6) is 0 Å². The molecular formula is C17H23NO. The minimum atomic E-state index is 0.314. The summed E-state index contributed by atoms with van der Waals surface area (Å²) in [6, 6.07) is 15.1. The molecule has 0 aliphatic heterocycles. The fourth-order valence-corrected chi connectivity index (χ4v) is 2.26. The monoisotopic (exact) mass is 257 g/mol. The molecule has 2 aromatic rings. The number of benzene rings is 1. The van der Waals surface area contributed by atoms with E-state index < -0.39 is 0 Å². The molecule has 1 aromatic carbocycles. The predicted molar refractivity (Wildman–Crippen MR) is 79.2 cm³/mol. The standard InChI is InChI=1S/C17H23NO/c1-3-13-18-16(17-12-9-14(2)19-17)11-10-15-7-5-4-6-8-15/h4-9,12,16,18H,3,10-11,13H2,1-2H3. The van der Waals surface area contributed by atoms with Gasteiger partial charge in [-0.1, -0.05) is 37.3 Å². The van der Waals surface area contributed by atoms with Crippen LogP contribution in [-0.4, -0.2) is 6.54 Å². The maximum absolute atomic E-state index is 5.77. The van der Waals surface area contributed by atoms with E-state index >= 15 is 0 Å². The van der Waals surface area contributed by atoms with Crippen molar-refractivity contribution in [3.8, 4) is 0 Å². The first-order valence-corrected chi connectivity index (χ1v) is 7.13. The Morgan fingerprint density at radius 2 is 1.89 bits per heavy atom. The summed E-state index contributed by atoms with van der Waals surface area (Å²) in [4.78, 5) is 0. The zero-order valence-corrected chi connectivity index (χ0v) is 11.9. The maximum Gasteiger partial charge on any atom is 0.121 e. The van der Waals surface area contributed by atoms with Crippen molar-refractivity contribution in [2.24, 2.45) is 0 Å². The Morgan fingerprint density at radius 3 is 2.53 bits per heavy atom. The van der Waals surface area contributed by atoms with Crippen LogP contribution in [0.4, 0.5) is 0 Å². The lowest BCUT2D eigenvalue weighted by Gasteiger charge is -2.16. The van der Waals surface area contributed by atoms with Crippen LogP contribution in [0.25, 0.3) is 0 Å². The van der Waals surface area contributed by atoms with Crippen molar-refractivity contribution in [1.82, 2.24) is 5.32 Å². The molecule has 2 rings (SSSR count). The highest BCUT2D eigenvalue weighted by Gasteiger charge is 2.14. The zero-order chi connectivity index (χ0) is 13.5. The molecule has 1 atom stereocenters. The third-order valence-corrected chi connectivity index (χ3v) is 3.31. The summed E-state index contributed by atoms with van der Waals surface area (Å²) in [5.74, 6) is 2.04. The van der Waals surface area contributed by atoms with Crippen molar-refractivity contribution in [3.05, 3.63) is 59.5 Å². The van der Waals surface area contributed by atoms with E-state index in [2.05, 4.69) is 48.6 Å². The van der Waals surface area contributed by atoms with Crippen molar-refractivity contribution in [1.29, 1.82) is 0 Å². The summed E-state index contributed by atoms with van der Waals surface area (Å²) in [5, 5.41) is 3.58. The molecule has 0 saturated carbocycles. The van der Waals surface area contributed by atoms with Gasteiger partial charge in [0.1, 0.15) is 11.5 Å². The topological polar surface area (TPSA) is 25.2 Å². The SMILES string of the molecule is CCCNC(CCc1ccccc1)c1ccc(C)o1. The van der Waals surface area contributed by atoms with E-state index in [0.29, 0.717) is 6.04 Å². The van der Waals surface area contributed by atoms with Gasteiger partial charge in [0, 0.05) is 0 Å². The smallest absolute Gasteiger partial charge is 0.121 e. The van der Waals surface area contributed by atoms with Crippen LogP contribution in [0.3, 0.4) is 0 Å². The number of furan rings is 1. The van der Waals surface area contributed by atoms with Crippen molar-refractivity contribution in [3.63, 3.8) is 0 Å². The second-order valence-corrected chi connectivity index (χ2v) is 4.98. The van der Waals surface area contributed by atoms with Crippen LogP contribution < -0.4 is 5.32 Å². The third kappa shape index (κ3) is 4.25. The molecule has 1 aromatic heterocycles. The molecule has 0 bridgehead atoms. The molecule has 1 heterocycles. The summed E-state index contributed by atoms with van der Waals surface area (Å²) in [6.07, 6.45) is 3.28. The molecule has 0 aliphatic rings. The normalized spacial score (nSPS) is 12.5. The van der Waals surface area contributed by atoms with E-state index in [1.807, 2.05) is 13.0 Å². The molecule has 1 unspecified atom stereocenters. The van der Waals surface area contributed by atoms with Gasteiger partial charge in [-0.15, -0.1) is 0 Å². The highest BCUT2D eigenvalue weighted by molar-refractivity contribution is 5.16. The van der Waals surface area contributed by atoms with Crippen LogP contribution in [0.15, 0.2) is 46.9 Å². The fraction of sp³-hybridized carbons (Fsp3) is 0.412. The van der Waals surface area contributed by atoms with Crippen LogP contribution in [0, 0.1) is 6.92 Å². The Bertz CT molecular complexity index is 475. The number of aryl methyl sites for hydroxylation is 2. The molecule has 1 N–H and O–H groups in total. The molecule has 0 radical (unpaired) electrons. The van der Waals surface area contributed by atoms with E-state index in [9.17, 15) is 0 Å². The van der Waals surface area contributed by atoms with Gasteiger partial charge in [-0.25, -0.2) is 0 Å². The van der Waals surface area contributed by atoms with Gasteiger partial charge in [0.25, 0.3) is 0 Å². The average Bonchev–Trinajstić information content (AvgIpc) is 2.86. The summed E-state index contributed by atoms with van der Waals surface area (Å²) in [7, 11) is 0. The van der Waals surface area contributed by atoms with Crippen LogP contribution >= 0.6 is 0 Å². The Labute approximate surface area is 115 Å². The van der Waals surface area contributed by atoms with E-state index in [0.717, 1.165) is 37.3 Å². The Kier molecular flexibility index (Phi) is 5.22. The molecular weight excluding hydrogens is 234 g/mol. The number of nitrogens with one attached hydrogen (secondary N) is 1. The number of hydrogen-bond acceptors (Lipinski definition) is 2. The Hall–Kier alpha value is -1.54. The van der Waals surface area contributed by atoms with Gasteiger partial charge in [0.2, 0.25) is 0 Å². The maximum atomic E-state index is 5.77. The first-order chi connectivity index (χ1) is 9.29. The molecule has 0 fully saturated rings. The minimum absolute atomic E-state index is 0.314. The van der Waals surface area contributed by atoms with Gasteiger partial charge in [-0.05, 0) is 50.4 Å². The summed E-state index contributed by atoms with van der Waals surface area (Å²) >= 11 is 0. The van der Waals surface area contributed by atoms with Crippen molar-refractivity contribution >= 4 is 0 Å². The highest BCUT2D eigenvalue weighted by Crippen LogP contribution is 2.21. The van der Waals surface area contributed by atoms with Gasteiger partial charge in [0.15, 0.2) is 0 Å². The minimum Gasteiger partial charge on any atom is -0.465 e. The molecule has 19 heavy (non-hydrogen) atoms. The van der Waals surface area contributed by atoms with Gasteiger partial charge in [-0.3, -0.25) is 0 Å². The highest BCUT2D eigenvalue weighted by atomic mass is 16.3. The molecule has 0 saturated heterocycles. The van der Waals surface area contributed by atoms with E-state index in [-0.39, 0.29) is 0 Å². The van der Waals surface area contributed by atoms with Crippen LogP contribution in [0.2, 0.25) is 0 Å². The molecule has 0 aliphatic carbocycles. The van der Waals surface area contributed by atoms with E-state index in [4.69, 9.17) is 4.42 Å². The van der Waals surface area contributed by atoms with Crippen molar-refractivity contribution < 1.29 is 4.42 Å². The Balaban J connectivity index is 1.98. The summed E-state index contributed by atoms with van der Waals surface area (Å²) in [5.41, 5.74) is 1.38. The van der Waals surface area contributed by atoms with Crippen LogP contribution in [-0.2, 0) is 6.42 Å². The quantitative estimate of drug-likeness (QED) is 0.801. The Morgan fingerprint density at radius 1 is 1.11 bits per heavy atom. The lowest BCUT2D eigenvalue weighted by Crippen LogP contribution is -2.22. The van der Waals surface area contributed by atoms with Crippen molar-refractivity contribution in [2.75, 3.05) is 6.54 Å². The summed E-state index contributed by atoms with van der Waals surface area (Å²) in [6.45, 7) is 5.21. The fourth-order valence-electron chi connectivity index (χ4n) is 2.26. The van der Waals surface area contributed by atoms with Gasteiger partial charge in [0.05, 0.1) is 6.04 Å². The molecule has 0 amide bonds. The lowest BCUT2D eigenvalue weighted by molar-refractivity contribution is 0.385. The first kappa shape index (κ1) is 13.9. The number of hydrogen-bond donors (Lipinski definition) is 1. The van der Waals surface area contributed by atoms with Gasteiger partial charge in [-0.2, -0.15) is 0 Å². The molecule has 2 heteroatoms. The van der Waals surface area contributed by atoms with E-state index in [1.165, 1.54) is 5.56 Å². The van der Waals surface area contributed by atoms with Gasteiger partial charge >= 0.3 is 0 Å². The average molecular weight is 257 g/mol. The molecule has 102 valence electrons. The van der Waals surface area contributed by atoms with Crippen molar-refractivity contribution in [2.45, 2.75) is 39.2 Å². The molecule has 2 nitrogen and oxygen atoms in total. The molecule has 0 spiro atoms. The lowest BCUT2D eigenvalue weighted by atomic mass is 10.0. The van der Waals surface area contributed by atoms with E-state index in [1.54, 1.807) is 0 Å². The van der Waals surface area contributed by atoms with Crippen LogP contribution in [0.1, 0.15) is 42.9 Å².